The Balaban J connectivity index is 1.41. The smallest absolute Gasteiger partial charge is 0.342 e. The Labute approximate surface area is 175 Å². The third-order valence-electron chi connectivity index (χ3n) is 5.54. The van der Waals surface area contributed by atoms with E-state index in [1.54, 1.807) is 11.6 Å². The molecule has 0 fully saturated rings. The molecule has 3 aromatic rings. The number of amides is 1. The molecule has 154 valence electrons. The molecule has 1 heterocycles. The summed E-state index contributed by atoms with van der Waals surface area (Å²) in [5.41, 5.74) is 4.94. The molecule has 4 rings (SSSR count). The molecule has 0 saturated carbocycles. The van der Waals surface area contributed by atoms with Gasteiger partial charge >= 0.3 is 5.97 Å². The molecule has 0 saturated heterocycles. The van der Waals surface area contributed by atoms with E-state index in [4.69, 9.17) is 4.74 Å². The fourth-order valence-electron chi connectivity index (χ4n) is 4.10. The van der Waals surface area contributed by atoms with Gasteiger partial charge < -0.3 is 10.1 Å². The standard InChI is InChI=1S/C24H25N3O3/c1-16-23(17(2)27(26-16)19-11-4-3-5-12-19)24(29)30-15-22(28)25-21-14-8-10-18-9-6-7-13-20(18)21/h3-7,9,11-13,21H,8,10,14-15H2,1-2H3,(H,25,28). The Kier molecular flexibility index (Phi) is 5.65. The molecule has 0 spiro atoms. The predicted octanol–water partition coefficient (Wildman–Crippen LogP) is 3.84. The van der Waals surface area contributed by atoms with Gasteiger partial charge in [0.25, 0.3) is 5.91 Å². The van der Waals surface area contributed by atoms with Crippen molar-refractivity contribution in [3.63, 3.8) is 0 Å². The number of esters is 1. The molecule has 0 bridgehead atoms. The normalized spacial score (nSPS) is 15.3. The van der Waals surface area contributed by atoms with E-state index in [1.165, 1.54) is 5.56 Å². The third-order valence-corrected chi connectivity index (χ3v) is 5.54. The van der Waals surface area contributed by atoms with E-state index in [-0.39, 0.29) is 18.6 Å². The van der Waals surface area contributed by atoms with Gasteiger partial charge in [0.15, 0.2) is 6.61 Å². The number of benzene rings is 2. The van der Waals surface area contributed by atoms with E-state index in [2.05, 4.69) is 22.5 Å². The summed E-state index contributed by atoms with van der Waals surface area (Å²) >= 11 is 0. The molecule has 6 heteroatoms. The van der Waals surface area contributed by atoms with Crippen molar-refractivity contribution >= 4 is 11.9 Å². The van der Waals surface area contributed by atoms with Crippen molar-refractivity contribution in [1.29, 1.82) is 0 Å². The lowest BCUT2D eigenvalue weighted by molar-refractivity contribution is -0.125. The number of carbonyl (C=O) groups excluding carboxylic acids is 2. The zero-order valence-corrected chi connectivity index (χ0v) is 17.2. The van der Waals surface area contributed by atoms with Crippen LogP contribution in [0.2, 0.25) is 0 Å². The monoisotopic (exact) mass is 403 g/mol. The highest BCUT2D eigenvalue weighted by Crippen LogP contribution is 2.29. The minimum atomic E-state index is -0.536. The first-order valence-electron chi connectivity index (χ1n) is 10.2. The molecule has 1 N–H and O–H groups in total. The highest BCUT2D eigenvalue weighted by molar-refractivity contribution is 5.93. The van der Waals surface area contributed by atoms with E-state index in [0.29, 0.717) is 17.0 Å². The lowest BCUT2D eigenvalue weighted by Gasteiger charge is -2.26. The first kappa shape index (κ1) is 19.9. The Morgan fingerprint density at radius 3 is 2.63 bits per heavy atom. The Morgan fingerprint density at radius 1 is 1.10 bits per heavy atom. The van der Waals surface area contributed by atoms with Gasteiger partial charge in [-0.25, -0.2) is 9.48 Å². The molecule has 1 unspecified atom stereocenters. The zero-order valence-electron chi connectivity index (χ0n) is 17.2. The van der Waals surface area contributed by atoms with Crippen molar-refractivity contribution in [2.24, 2.45) is 0 Å². The number of para-hydroxylation sites is 1. The Hall–Kier alpha value is -3.41. The largest absolute Gasteiger partial charge is 0.452 e. The first-order chi connectivity index (χ1) is 14.5. The van der Waals surface area contributed by atoms with E-state index in [1.807, 2.05) is 49.4 Å². The van der Waals surface area contributed by atoms with Crippen LogP contribution in [0.3, 0.4) is 0 Å². The molecule has 1 amide bonds. The minimum Gasteiger partial charge on any atom is -0.452 e. The van der Waals surface area contributed by atoms with Gasteiger partial charge in [0.1, 0.15) is 5.56 Å². The fraction of sp³-hybridized carbons (Fsp3) is 0.292. The van der Waals surface area contributed by atoms with Crippen molar-refractivity contribution in [2.75, 3.05) is 6.61 Å². The van der Waals surface area contributed by atoms with E-state index in [0.717, 1.165) is 30.5 Å². The number of carbonyl (C=O) groups is 2. The summed E-state index contributed by atoms with van der Waals surface area (Å²) in [4.78, 5) is 25.1. The third kappa shape index (κ3) is 3.99. The van der Waals surface area contributed by atoms with Gasteiger partial charge in [-0.15, -0.1) is 0 Å². The highest BCUT2D eigenvalue weighted by Gasteiger charge is 2.24. The van der Waals surface area contributed by atoms with Crippen LogP contribution in [-0.2, 0) is 16.0 Å². The summed E-state index contributed by atoms with van der Waals surface area (Å²) in [6.45, 7) is 3.28. The number of aryl methyl sites for hydroxylation is 2. The van der Waals surface area contributed by atoms with Gasteiger partial charge in [-0.3, -0.25) is 4.79 Å². The van der Waals surface area contributed by atoms with Crippen molar-refractivity contribution in [3.05, 3.63) is 82.7 Å². The van der Waals surface area contributed by atoms with Crippen LogP contribution < -0.4 is 5.32 Å². The van der Waals surface area contributed by atoms with Crippen molar-refractivity contribution in [3.8, 4) is 5.69 Å². The summed E-state index contributed by atoms with van der Waals surface area (Å²) in [5.74, 6) is -0.831. The van der Waals surface area contributed by atoms with Gasteiger partial charge in [-0.1, -0.05) is 42.5 Å². The number of hydrogen-bond donors (Lipinski definition) is 1. The molecular weight excluding hydrogens is 378 g/mol. The van der Waals surface area contributed by atoms with Crippen LogP contribution in [0.15, 0.2) is 54.6 Å². The fourth-order valence-corrected chi connectivity index (χ4v) is 4.10. The number of nitrogens with one attached hydrogen (secondary N) is 1. The molecule has 1 aromatic heterocycles. The van der Waals surface area contributed by atoms with Crippen molar-refractivity contribution in [1.82, 2.24) is 15.1 Å². The second-order valence-electron chi connectivity index (χ2n) is 7.58. The van der Waals surface area contributed by atoms with E-state index >= 15 is 0 Å². The molecule has 0 aliphatic heterocycles. The first-order valence-corrected chi connectivity index (χ1v) is 10.2. The summed E-state index contributed by atoms with van der Waals surface area (Å²) in [7, 11) is 0. The SMILES string of the molecule is Cc1nn(-c2ccccc2)c(C)c1C(=O)OCC(=O)NC1CCCc2ccccc21. The van der Waals surface area contributed by atoms with Crippen LogP contribution in [0.1, 0.15) is 51.8 Å². The van der Waals surface area contributed by atoms with Crippen molar-refractivity contribution < 1.29 is 14.3 Å². The van der Waals surface area contributed by atoms with Crippen LogP contribution >= 0.6 is 0 Å². The second-order valence-corrected chi connectivity index (χ2v) is 7.58. The average Bonchev–Trinajstić information content (AvgIpc) is 3.07. The zero-order chi connectivity index (χ0) is 21.1. The summed E-state index contributed by atoms with van der Waals surface area (Å²) in [6.07, 6.45) is 2.94. The number of rotatable bonds is 5. The lowest BCUT2D eigenvalue weighted by atomic mass is 9.88. The predicted molar refractivity (Wildman–Crippen MR) is 114 cm³/mol. The van der Waals surface area contributed by atoms with Crippen LogP contribution in [0.4, 0.5) is 0 Å². The van der Waals surface area contributed by atoms with Gasteiger partial charge in [0.05, 0.1) is 23.1 Å². The molecule has 6 nitrogen and oxygen atoms in total. The number of aromatic nitrogens is 2. The number of hydrogen-bond acceptors (Lipinski definition) is 4. The maximum Gasteiger partial charge on any atom is 0.342 e. The Morgan fingerprint density at radius 2 is 1.83 bits per heavy atom. The van der Waals surface area contributed by atoms with Gasteiger partial charge in [-0.05, 0) is 56.4 Å². The summed E-state index contributed by atoms with van der Waals surface area (Å²) in [6, 6.07) is 17.7. The molecule has 1 aliphatic carbocycles. The maximum absolute atomic E-state index is 12.7. The van der Waals surface area contributed by atoms with Crippen LogP contribution in [0.5, 0.6) is 0 Å². The quantitative estimate of drug-likeness (QED) is 0.657. The number of ether oxygens (including phenoxy) is 1. The second kappa shape index (κ2) is 8.53. The van der Waals surface area contributed by atoms with Gasteiger partial charge in [-0.2, -0.15) is 5.10 Å². The topological polar surface area (TPSA) is 73.2 Å². The van der Waals surface area contributed by atoms with E-state index in [9.17, 15) is 9.59 Å². The Bertz CT molecular complexity index is 1070. The highest BCUT2D eigenvalue weighted by atomic mass is 16.5. The molecule has 1 aliphatic rings. The molecule has 0 radical (unpaired) electrons. The molecule has 1 atom stereocenters. The van der Waals surface area contributed by atoms with E-state index < -0.39 is 5.97 Å². The van der Waals surface area contributed by atoms with Crippen LogP contribution in [-0.4, -0.2) is 28.3 Å². The van der Waals surface area contributed by atoms with Crippen molar-refractivity contribution in [2.45, 2.75) is 39.2 Å². The molecule has 2 aromatic carbocycles. The number of fused-ring (bicyclic) bond motifs is 1. The van der Waals surface area contributed by atoms with Crippen LogP contribution in [0.25, 0.3) is 5.69 Å². The van der Waals surface area contributed by atoms with Crippen LogP contribution in [0, 0.1) is 13.8 Å². The molecular formula is C24H25N3O3. The summed E-state index contributed by atoms with van der Waals surface area (Å²) < 4.78 is 7.04. The summed E-state index contributed by atoms with van der Waals surface area (Å²) in [5, 5.41) is 7.47. The van der Waals surface area contributed by atoms with Gasteiger partial charge in [0, 0.05) is 0 Å². The van der Waals surface area contributed by atoms with Gasteiger partial charge in [0.2, 0.25) is 0 Å². The minimum absolute atomic E-state index is 0.0366. The molecule has 30 heavy (non-hydrogen) atoms. The lowest BCUT2D eigenvalue weighted by Crippen LogP contribution is -2.34. The number of nitrogens with zero attached hydrogens (tertiary/aromatic N) is 2. The average molecular weight is 403 g/mol. The maximum atomic E-state index is 12.7.